The standard InChI is InChI=1S/C14H25N3O5S2/c1-4-8-15-9-10-16-24(20,21)14-7-6-12(22-3)11-13(14)17-23(18,19)5-2/h6-7,11,15-17H,4-5,8-10H2,1-3H3. The van der Waals surface area contributed by atoms with E-state index in [2.05, 4.69) is 14.8 Å². The maximum Gasteiger partial charge on any atom is 0.242 e. The Bertz CT molecular complexity index is 733. The summed E-state index contributed by atoms with van der Waals surface area (Å²) in [5.74, 6) is 0.185. The van der Waals surface area contributed by atoms with Gasteiger partial charge in [-0.1, -0.05) is 6.92 Å². The highest BCUT2D eigenvalue weighted by molar-refractivity contribution is 7.93. The number of hydrogen-bond acceptors (Lipinski definition) is 6. The number of hydrogen-bond donors (Lipinski definition) is 3. The van der Waals surface area contributed by atoms with Crippen molar-refractivity contribution in [3.63, 3.8) is 0 Å². The Labute approximate surface area is 144 Å². The van der Waals surface area contributed by atoms with Gasteiger partial charge >= 0.3 is 0 Å². The van der Waals surface area contributed by atoms with Crippen LogP contribution in [0.15, 0.2) is 23.1 Å². The molecule has 10 heteroatoms. The van der Waals surface area contributed by atoms with Crippen LogP contribution in [-0.4, -0.2) is 49.3 Å². The smallest absolute Gasteiger partial charge is 0.242 e. The molecule has 0 aliphatic rings. The van der Waals surface area contributed by atoms with Gasteiger partial charge in [-0.05, 0) is 32.0 Å². The second-order valence-electron chi connectivity index (χ2n) is 5.02. The predicted octanol–water partition coefficient (Wildman–Crippen LogP) is 0.735. The summed E-state index contributed by atoms with van der Waals surface area (Å²) in [6, 6.07) is 4.12. The predicted molar refractivity (Wildman–Crippen MR) is 94.4 cm³/mol. The average Bonchev–Trinajstić information content (AvgIpc) is 2.54. The van der Waals surface area contributed by atoms with Crippen molar-refractivity contribution < 1.29 is 21.6 Å². The summed E-state index contributed by atoms with van der Waals surface area (Å²) in [7, 11) is -6.06. The molecule has 0 fully saturated rings. The summed E-state index contributed by atoms with van der Waals surface area (Å²) in [5, 5.41) is 3.08. The first kappa shape index (κ1) is 20.7. The molecule has 0 saturated carbocycles. The van der Waals surface area contributed by atoms with E-state index in [1.807, 2.05) is 6.92 Å². The summed E-state index contributed by atoms with van der Waals surface area (Å²) < 4.78 is 58.3. The van der Waals surface area contributed by atoms with E-state index in [-0.39, 0.29) is 22.9 Å². The molecule has 8 nitrogen and oxygen atoms in total. The minimum atomic E-state index is -3.86. The Morgan fingerprint density at radius 3 is 2.33 bits per heavy atom. The molecular weight excluding hydrogens is 354 g/mol. The zero-order valence-electron chi connectivity index (χ0n) is 14.1. The molecule has 24 heavy (non-hydrogen) atoms. The van der Waals surface area contributed by atoms with Crippen LogP contribution in [0.5, 0.6) is 5.75 Å². The van der Waals surface area contributed by atoms with Crippen LogP contribution < -0.4 is 19.5 Å². The van der Waals surface area contributed by atoms with Crippen molar-refractivity contribution in [1.29, 1.82) is 0 Å². The summed E-state index contributed by atoms with van der Waals surface area (Å²) >= 11 is 0. The lowest BCUT2D eigenvalue weighted by molar-refractivity contribution is 0.414. The lowest BCUT2D eigenvalue weighted by atomic mass is 10.3. The van der Waals surface area contributed by atoms with Crippen molar-refractivity contribution in [3.05, 3.63) is 18.2 Å². The van der Waals surface area contributed by atoms with Crippen molar-refractivity contribution in [2.75, 3.05) is 37.2 Å². The van der Waals surface area contributed by atoms with Crippen molar-refractivity contribution >= 4 is 25.7 Å². The van der Waals surface area contributed by atoms with Gasteiger partial charge < -0.3 is 10.1 Å². The van der Waals surface area contributed by atoms with Gasteiger partial charge in [0.05, 0.1) is 18.6 Å². The van der Waals surface area contributed by atoms with Crippen molar-refractivity contribution in [2.45, 2.75) is 25.2 Å². The molecule has 0 aromatic heterocycles. The van der Waals surface area contributed by atoms with Gasteiger partial charge in [0.15, 0.2) is 0 Å². The fourth-order valence-electron chi connectivity index (χ4n) is 1.84. The summed E-state index contributed by atoms with van der Waals surface area (Å²) in [6.07, 6.45) is 0.953. The minimum Gasteiger partial charge on any atom is -0.497 e. The van der Waals surface area contributed by atoms with Gasteiger partial charge in [0.25, 0.3) is 0 Å². The number of ether oxygens (including phenoxy) is 1. The van der Waals surface area contributed by atoms with Crippen LogP contribution in [0, 0.1) is 0 Å². The molecule has 0 spiro atoms. The maximum absolute atomic E-state index is 12.4. The number of anilines is 1. The van der Waals surface area contributed by atoms with Gasteiger partial charge in [-0.2, -0.15) is 0 Å². The normalized spacial score (nSPS) is 12.1. The van der Waals surface area contributed by atoms with Crippen LogP contribution in [0.25, 0.3) is 0 Å². The fourth-order valence-corrected chi connectivity index (χ4v) is 3.73. The highest BCUT2D eigenvalue weighted by Crippen LogP contribution is 2.27. The molecule has 138 valence electrons. The van der Waals surface area contributed by atoms with Crippen LogP contribution in [0.1, 0.15) is 20.3 Å². The lowest BCUT2D eigenvalue weighted by Crippen LogP contribution is -2.32. The van der Waals surface area contributed by atoms with Gasteiger partial charge in [0.1, 0.15) is 10.6 Å². The Morgan fingerprint density at radius 2 is 1.75 bits per heavy atom. The van der Waals surface area contributed by atoms with E-state index < -0.39 is 20.0 Å². The van der Waals surface area contributed by atoms with E-state index in [4.69, 9.17) is 4.74 Å². The summed E-state index contributed by atoms with van der Waals surface area (Å²) in [6.45, 7) is 4.97. The van der Waals surface area contributed by atoms with E-state index in [9.17, 15) is 16.8 Å². The first-order valence-corrected chi connectivity index (χ1v) is 10.8. The maximum atomic E-state index is 12.4. The third-order valence-electron chi connectivity index (χ3n) is 3.14. The van der Waals surface area contributed by atoms with E-state index in [1.54, 1.807) is 0 Å². The number of rotatable bonds is 11. The largest absolute Gasteiger partial charge is 0.497 e. The van der Waals surface area contributed by atoms with E-state index in [0.29, 0.717) is 12.3 Å². The molecule has 0 atom stereocenters. The molecule has 0 radical (unpaired) electrons. The zero-order chi connectivity index (χ0) is 18.2. The fraction of sp³-hybridized carbons (Fsp3) is 0.571. The lowest BCUT2D eigenvalue weighted by Gasteiger charge is -2.14. The molecule has 0 aliphatic heterocycles. The SMILES string of the molecule is CCCNCCNS(=O)(=O)c1ccc(OC)cc1NS(=O)(=O)CC. The van der Waals surface area contributed by atoms with Crippen LogP contribution in [0.2, 0.25) is 0 Å². The molecule has 1 rings (SSSR count). The van der Waals surface area contributed by atoms with Crippen LogP contribution in [0.3, 0.4) is 0 Å². The third kappa shape index (κ3) is 6.27. The Hall–Kier alpha value is -1.36. The number of benzene rings is 1. The molecule has 0 unspecified atom stereocenters. The summed E-state index contributed by atoms with van der Waals surface area (Å²) in [5.41, 5.74) is -0.0368. The molecule has 3 N–H and O–H groups in total. The van der Waals surface area contributed by atoms with Gasteiger partial charge in [0, 0.05) is 19.2 Å². The first-order valence-electron chi connectivity index (χ1n) is 7.64. The summed E-state index contributed by atoms with van der Waals surface area (Å²) in [4.78, 5) is -0.143. The van der Waals surface area contributed by atoms with Crippen molar-refractivity contribution in [2.24, 2.45) is 0 Å². The molecule has 0 aliphatic carbocycles. The Balaban J connectivity index is 3.03. The van der Waals surface area contributed by atoms with Gasteiger partial charge in [-0.3, -0.25) is 4.72 Å². The van der Waals surface area contributed by atoms with Crippen LogP contribution in [0.4, 0.5) is 5.69 Å². The van der Waals surface area contributed by atoms with Gasteiger partial charge in [-0.15, -0.1) is 0 Å². The van der Waals surface area contributed by atoms with Crippen molar-refractivity contribution in [1.82, 2.24) is 10.0 Å². The van der Waals surface area contributed by atoms with Crippen molar-refractivity contribution in [3.8, 4) is 5.75 Å². The monoisotopic (exact) mass is 379 g/mol. The van der Waals surface area contributed by atoms with Gasteiger partial charge in [0.2, 0.25) is 20.0 Å². The highest BCUT2D eigenvalue weighted by Gasteiger charge is 2.21. The molecule has 1 aromatic rings. The second kappa shape index (κ2) is 9.21. The van der Waals surface area contributed by atoms with E-state index >= 15 is 0 Å². The number of sulfonamides is 2. The Morgan fingerprint density at radius 1 is 1.04 bits per heavy atom. The van der Waals surface area contributed by atoms with Crippen LogP contribution in [-0.2, 0) is 20.0 Å². The molecule has 0 heterocycles. The molecule has 0 saturated heterocycles. The zero-order valence-corrected chi connectivity index (χ0v) is 15.8. The molecular formula is C14H25N3O5S2. The third-order valence-corrected chi connectivity index (χ3v) is 5.95. The number of nitrogens with one attached hydrogen (secondary N) is 3. The Kier molecular flexibility index (Phi) is 7.94. The van der Waals surface area contributed by atoms with E-state index in [1.165, 1.54) is 32.2 Å². The minimum absolute atomic E-state index is 0.0368. The van der Waals surface area contributed by atoms with Crippen LogP contribution >= 0.6 is 0 Å². The topological polar surface area (TPSA) is 114 Å². The molecule has 0 bridgehead atoms. The first-order chi connectivity index (χ1) is 11.3. The van der Waals surface area contributed by atoms with Gasteiger partial charge in [-0.25, -0.2) is 21.6 Å². The molecule has 1 aromatic carbocycles. The quantitative estimate of drug-likeness (QED) is 0.489. The highest BCUT2D eigenvalue weighted by atomic mass is 32.2. The molecule has 0 amide bonds. The average molecular weight is 380 g/mol. The number of methoxy groups -OCH3 is 1. The van der Waals surface area contributed by atoms with E-state index in [0.717, 1.165) is 13.0 Å². The second-order valence-corrected chi connectivity index (χ2v) is 8.76.